The average molecular weight is 452 g/mol. The molecule has 0 atom stereocenters. The van der Waals surface area contributed by atoms with E-state index in [1.165, 1.54) is 5.56 Å². The fourth-order valence-electron chi connectivity index (χ4n) is 3.99. The normalized spacial score (nSPS) is 16.6. The first-order valence-electron chi connectivity index (χ1n) is 9.94. The topological polar surface area (TPSA) is 38.8 Å². The van der Waals surface area contributed by atoms with Gasteiger partial charge in [0.15, 0.2) is 5.76 Å². The Balaban J connectivity index is 1.43. The van der Waals surface area contributed by atoms with Gasteiger partial charge in [-0.25, -0.2) is 0 Å². The Morgan fingerprint density at radius 1 is 1.03 bits per heavy atom. The minimum Gasteiger partial charge on any atom is -0.477 e. The van der Waals surface area contributed by atoms with Gasteiger partial charge in [-0.3, -0.25) is 9.69 Å². The maximum absolute atomic E-state index is 13.1. The number of allylic oxidation sites excluding steroid dienone is 1. The van der Waals surface area contributed by atoms with Gasteiger partial charge in [-0.15, -0.1) is 0 Å². The van der Waals surface area contributed by atoms with Crippen LogP contribution in [0.4, 0.5) is 0 Å². The highest BCUT2D eigenvalue weighted by Gasteiger charge is 2.33. The van der Waals surface area contributed by atoms with Crippen LogP contribution in [0.3, 0.4) is 0 Å². The molecule has 5 rings (SSSR count). The zero-order valence-corrected chi connectivity index (χ0v) is 18.3. The van der Waals surface area contributed by atoms with Gasteiger partial charge in [0.2, 0.25) is 5.78 Å². The lowest BCUT2D eigenvalue weighted by atomic mass is 10.00. The SMILES string of the molecule is Cc1c2c(cc3c1O/C(=C\c1ccc(Cl)c(Cl)c1)C3=O)CN(Cc1ccccc1)CO2. The number of hydrogen-bond donors (Lipinski definition) is 0. The summed E-state index contributed by atoms with van der Waals surface area (Å²) in [5.74, 6) is 1.48. The van der Waals surface area contributed by atoms with Crippen LogP contribution in [-0.4, -0.2) is 17.4 Å². The highest BCUT2D eigenvalue weighted by atomic mass is 35.5. The molecule has 2 aliphatic heterocycles. The molecule has 0 aliphatic carbocycles. The van der Waals surface area contributed by atoms with Crippen LogP contribution in [0.15, 0.2) is 60.4 Å². The Bertz CT molecular complexity index is 1220. The number of carbonyl (C=O) groups is 1. The summed E-state index contributed by atoms with van der Waals surface area (Å²) in [5, 5.41) is 0.893. The zero-order valence-electron chi connectivity index (χ0n) is 16.8. The first-order valence-corrected chi connectivity index (χ1v) is 10.7. The van der Waals surface area contributed by atoms with Crippen LogP contribution < -0.4 is 9.47 Å². The molecule has 0 amide bonds. The molecule has 0 saturated heterocycles. The third kappa shape index (κ3) is 3.83. The summed E-state index contributed by atoms with van der Waals surface area (Å²) in [6.45, 7) is 3.90. The maximum Gasteiger partial charge on any atom is 0.231 e. The Morgan fingerprint density at radius 3 is 2.61 bits per heavy atom. The van der Waals surface area contributed by atoms with Gasteiger partial charge in [0.1, 0.15) is 18.2 Å². The number of hydrogen-bond acceptors (Lipinski definition) is 4. The van der Waals surface area contributed by atoms with Crippen LogP contribution in [0.25, 0.3) is 6.08 Å². The van der Waals surface area contributed by atoms with E-state index in [0.29, 0.717) is 34.6 Å². The highest BCUT2D eigenvalue weighted by molar-refractivity contribution is 6.42. The van der Waals surface area contributed by atoms with E-state index in [1.807, 2.05) is 31.2 Å². The van der Waals surface area contributed by atoms with E-state index in [4.69, 9.17) is 32.7 Å². The fraction of sp³-hybridized carbons (Fsp3) is 0.160. The number of carbonyl (C=O) groups excluding carboxylic acids is 1. The molecule has 0 aromatic heterocycles. The number of nitrogens with zero attached hydrogens (tertiary/aromatic N) is 1. The average Bonchev–Trinajstić information content (AvgIpc) is 3.07. The third-order valence-corrected chi connectivity index (χ3v) is 6.23. The minimum atomic E-state index is -0.146. The van der Waals surface area contributed by atoms with E-state index >= 15 is 0 Å². The molecule has 31 heavy (non-hydrogen) atoms. The number of benzene rings is 3. The van der Waals surface area contributed by atoms with Gasteiger partial charge in [0.25, 0.3) is 0 Å². The van der Waals surface area contributed by atoms with Crippen LogP contribution in [0, 0.1) is 6.92 Å². The van der Waals surface area contributed by atoms with Crippen molar-refractivity contribution in [3.05, 3.63) is 98.2 Å². The van der Waals surface area contributed by atoms with Gasteiger partial charge < -0.3 is 9.47 Å². The standard InChI is InChI=1S/C25H19Cl2NO3/c1-15-24-18(13-28(14-30-24)12-16-5-3-2-4-6-16)11-19-23(29)22(31-25(15)19)10-17-7-8-20(26)21(27)9-17/h2-11H,12-14H2,1H3/b22-10-. The van der Waals surface area contributed by atoms with E-state index in [-0.39, 0.29) is 11.5 Å². The summed E-state index contributed by atoms with van der Waals surface area (Å²) in [4.78, 5) is 15.3. The summed E-state index contributed by atoms with van der Waals surface area (Å²) in [6.07, 6.45) is 1.69. The lowest BCUT2D eigenvalue weighted by Gasteiger charge is -2.30. The van der Waals surface area contributed by atoms with Crippen molar-refractivity contribution < 1.29 is 14.3 Å². The number of ether oxygens (including phenoxy) is 2. The van der Waals surface area contributed by atoms with Crippen LogP contribution in [0.1, 0.15) is 32.6 Å². The number of fused-ring (bicyclic) bond motifs is 2. The summed E-state index contributed by atoms with van der Waals surface area (Å²) >= 11 is 12.1. The molecule has 4 nitrogen and oxygen atoms in total. The lowest BCUT2D eigenvalue weighted by Crippen LogP contribution is -2.32. The Hall–Kier alpha value is -2.79. The van der Waals surface area contributed by atoms with E-state index in [1.54, 1.807) is 24.3 Å². The molecule has 6 heteroatoms. The molecule has 3 aromatic rings. The molecule has 0 bridgehead atoms. The number of ketones is 1. The van der Waals surface area contributed by atoms with Crippen LogP contribution in [0.5, 0.6) is 11.5 Å². The summed E-state index contributed by atoms with van der Waals surface area (Å²) in [5.41, 5.74) is 4.37. The predicted molar refractivity (Wildman–Crippen MR) is 122 cm³/mol. The van der Waals surface area contributed by atoms with Crippen LogP contribution in [-0.2, 0) is 13.1 Å². The molecule has 0 fully saturated rings. The molecule has 0 radical (unpaired) electrons. The third-order valence-electron chi connectivity index (χ3n) is 5.49. The fourth-order valence-corrected chi connectivity index (χ4v) is 4.30. The zero-order chi connectivity index (χ0) is 21.5. The number of Topliss-reactive ketones (excluding diaryl/α,β-unsaturated/α-hetero) is 1. The summed E-state index contributed by atoms with van der Waals surface area (Å²) in [7, 11) is 0. The van der Waals surface area contributed by atoms with Crippen LogP contribution >= 0.6 is 23.2 Å². The van der Waals surface area contributed by atoms with Crippen molar-refractivity contribution in [2.45, 2.75) is 20.0 Å². The second-order valence-corrected chi connectivity index (χ2v) is 8.54. The summed E-state index contributed by atoms with van der Waals surface area (Å²) in [6, 6.07) is 17.4. The smallest absolute Gasteiger partial charge is 0.231 e. The van der Waals surface area contributed by atoms with Crippen LogP contribution in [0.2, 0.25) is 10.0 Å². The van der Waals surface area contributed by atoms with Gasteiger partial charge >= 0.3 is 0 Å². The quantitative estimate of drug-likeness (QED) is 0.439. The first kappa shape index (κ1) is 20.1. The molecule has 156 valence electrons. The van der Waals surface area contributed by atoms with Gasteiger partial charge in [-0.05, 0) is 42.3 Å². The molecule has 0 spiro atoms. The molecule has 3 aromatic carbocycles. The Kier molecular flexibility index (Phi) is 5.22. The van der Waals surface area contributed by atoms with E-state index in [9.17, 15) is 4.79 Å². The van der Waals surface area contributed by atoms with E-state index in [0.717, 1.165) is 29.0 Å². The molecular formula is C25H19Cl2NO3. The number of halogens is 2. The van der Waals surface area contributed by atoms with Crippen molar-refractivity contribution in [1.82, 2.24) is 4.90 Å². The Morgan fingerprint density at radius 2 is 1.84 bits per heavy atom. The minimum absolute atomic E-state index is 0.146. The second kappa shape index (κ2) is 8.04. The second-order valence-electron chi connectivity index (χ2n) is 7.73. The molecule has 2 heterocycles. The molecule has 0 saturated carbocycles. The molecular weight excluding hydrogens is 433 g/mol. The van der Waals surface area contributed by atoms with Crippen molar-refractivity contribution in [3.8, 4) is 11.5 Å². The molecule has 0 unspecified atom stereocenters. The van der Waals surface area contributed by atoms with Crippen molar-refractivity contribution in [1.29, 1.82) is 0 Å². The van der Waals surface area contributed by atoms with Crippen molar-refractivity contribution in [2.75, 3.05) is 6.73 Å². The highest BCUT2D eigenvalue weighted by Crippen LogP contribution is 2.43. The van der Waals surface area contributed by atoms with E-state index < -0.39 is 0 Å². The largest absolute Gasteiger partial charge is 0.477 e. The van der Waals surface area contributed by atoms with Crippen molar-refractivity contribution in [3.63, 3.8) is 0 Å². The first-order chi connectivity index (χ1) is 15.0. The van der Waals surface area contributed by atoms with Crippen molar-refractivity contribution >= 4 is 35.1 Å². The van der Waals surface area contributed by atoms with Gasteiger partial charge in [0, 0.05) is 24.2 Å². The molecule has 0 N–H and O–H groups in total. The maximum atomic E-state index is 13.1. The Labute approximate surface area is 190 Å². The van der Waals surface area contributed by atoms with Gasteiger partial charge in [-0.1, -0.05) is 59.6 Å². The van der Waals surface area contributed by atoms with E-state index in [2.05, 4.69) is 17.0 Å². The monoisotopic (exact) mass is 451 g/mol. The lowest BCUT2D eigenvalue weighted by molar-refractivity contribution is 0.0876. The van der Waals surface area contributed by atoms with Crippen molar-refractivity contribution in [2.24, 2.45) is 0 Å². The molecule has 2 aliphatic rings. The van der Waals surface area contributed by atoms with Gasteiger partial charge in [-0.2, -0.15) is 0 Å². The predicted octanol–water partition coefficient (Wildman–Crippen LogP) is 6.27. The summed E-state index contributed by atoms with van der Waals surface area (Å²) < 4.78 is 12.0. The number of rotatable bonds is 3. The van der Waals surface area contributed by atoms with Gasteiger partial charge in [0.05, 0.1) is 15.6 Å².